The molecule has 1 atom stereocenters. The van der Waals surface area contributed by atoms with Gasteiger partial charge in [0.2, 0.25) is 0 Å². The van der Waals surface area contributed by atoms with Crippen molar-refractivity contribution >= 4 is 23.0 Å². The lowest BCUT2D eigenvalue weighted by Crippen LogP contribution is -2.43. The van der Waals surface area contributed by atoms with Gasteiger partial charge < -0.3 is 14.8 Å². The standard InChI is InChI=1S/C22H19N3O5/c1-29-19-12-16(18(25(27)28)13-20(19)30-2)21-23-17-11-7-6-10-15(17)22(26)24(21)14-8-4-3-5-9-14/h3-13,21,23H,1-2H3/t21-/m0/s1. The van der Waals surface area contributed by atoms with E-state index in [2.05, 4.69) is 5.32 Å². The lowest BCUT2D eigenvalue weighted by molar-refractivity contribution is -0.385. The van der Waals surface area contributed by atoms with E-state index >= 15 is 0 Å². The van der Waals surface area contributed by atoms with Gasteiger partial charge in [-0.2, -0.15) is 0 Å². The van der Waals surface area contributed by atoms with E-state index in [9.17, 15) is 14.9 Å². The Labute approximate surface area is 172 Å². The molecular weight excluding hydrogens is 386 g/mol. The van der Waals surface area contributed by atoms with Crippen LogP contribution in [0.15, 0.2) is 66.7 Å². The number of ether oxygens (including phenoxy) is 2. The Morgan fingerprint density at radius 1 is 0.967 bits per heavy atom. The van der Waals surface area contributed by atoms with Crippen LogP contribution in [0.2, 0.25) is 0 Å². The Kier molecular flexibility index (Phi) is 4.97. The normalized spacial score (nSPS) is 15.2. The van der Waals surface area contributed by atoms with Crippen molar-refractivity contribution in [3.8, 4) is 11.5 Å². The van der Waals surface area contributed by atoms with Crippen molar-refractivity contribution in [2.24, 2.45) is 0 Å². The summed E-state index contributed by atoms with van der Waals surface area (Å²) in [5, 5.41) is 15.2. The summed E-state index contributed by atoms with van der Waals surface area (Å²) in [7, 11) is 2.87. The second-order valence-corrected chi connectivity index (χ2v) is 6.63. The molecule has 8 nitrogen and oxygen atoms in total. The molecule has 8 heteroatoms. The number of nitro groups is 1. The van der Waals surface area contributed by atoms with Gasteiger partial charge in [-0.15, -0.1) is 0 Å². The number of benzene rings is 3. The highest BCUT2D eigenvalue weighted by molar-refractivity contribution is 6.12. The number of nitro benzene ring substituents is 1. The fourth-order valence-electron chi connectivity index (χ4n) is 3.59. The predicted octanol–water partition coefficient (Wildman–Crippen LogP) is 4.38. The summed E-state index contributed by atoms with van der Waals surface area (Å²) < 4.78 is 10.6. The number of hydrogen-bond donors (Lipinski definition) is 1. The van der Waals surface area contributed by atoms with E-state index in [-0.39, 0.29) is 22.9 Å². The molecular formula is C22H19N3O5. The van der Waals surface area contributed by atoms with Crippen LogP contribution < -0.4 is 19.7 Å². The number of methoxy groups -OCH3 is 2. The van der Waals surface area contributed by atoms with Crippen LogP contribution in [0, 0.1) is 10.1 Å². The number of nitrogens with zero attached hydrogens (tertiary/aromatic N) is 2. The fourth-order valence-corrected chi connectivity index (χ4v) is 3.59. The van der Waals surface area contributed by atoms with Crippen LogP contribution in [-0.4, -0.2) is 25.1 Å². The third-order valence-electron chi connectivity index (χ3n) is 4.99. The van der Waals surface area contributed by atoms with Crippen LogP contribution in [-0.2, 0) is 0 Å². The Morgan fingerprint density at radius 3 is 2.27 bits per heavy atom. The molecule has 3 aromatic carbocycles. The van der Waals surface area contributed by atoms with Crippen LogP contribution in [0.3, 0.4) is 0 Å². The highest BCUT2D eigenvalue weighted by Gasteiger charge is 2.38. The monoisotopic (exact) mass is 405 g/mol. The first-order chi connectivity index (χ1) is 14.5. The van der Waals surface area contributed by atoms with E-state index in [4.69, 9.17) is 9.47 Å². The third-order valence-corrected chi connectivity index (χ3v) is 4.99. The first kappa shape index (κ1) is 19.3. The molecule has 1 aliphatic rings. The van der Waals surface area contributed by atoms with Crippen molar-refractivity contribution in [2.75, 3.05) is 24.4 Å². The van der Waals surface area contributed by atoms with Crippen molar-refractivity contribution in [1.82, 2.24) is 0 Å². The van der Waals surface area contributed by atoms with Crippen LogP contribution in [0.5, 0.6) is 11.5 Å². The van der Waals surface area contributed by atoms with Gasteiger partial charge in [-0.1, -0.05) is 30.3 Å². The van der Waals surface area contributed by atoms with Gasteiger partial charge in [-0.25, -0.2) is 0 Å². The SMILES string of the molecule is COc1cc([C@H]2Nc3ccccc3C(=O)N2c2ccccc2)c([N+](=O)[O-])cc1OC. The zero-order valence-corrected chi connectivity index (χ0v) is 16.4. The summed E-state index contributed by atoms with van der Waals surface area (Å²) in [6.07, 6.45) is -0.824. The van der Waals surface area contributed by atoms with Crippen molar-refractivity contribution in [3.63, 3.8) is 0 Å². The number of hydrogen-bond acceptors (Lipinski definition) is 6. The van der Waals surface area contributed by atoms with E-state index in [0.29, 0.717) is 22.7 Å². The summed E-state index contributed by atoms with van der Waals surface area (Å²) >= 11 is 0. The van der Waals surface area contributed by atoms with Gasteiger partial charge in [0.1, 0.15) is 6.17 Å². The van der Waals surface area contributed by atoms with E-state index in [1.807, 2.05) is 18.2 Å². The molecule has 4 rings (SSSR count). The van der Waals surface area contributed by atoms with Crippen molar-refractivity contribution < 1.29 is 19.2 Å². The number of carbonyl (C=O) groups excluding carboxylic acids is 1. The highest BCUT2D eigenvalue weighted by Crippen LogP contribution is 2.43. The number of rotatable bonds is 5. The Balaban J connectivity index is 1.95. The summed E-state index contributed by atoms with van der Waals surface area (Å²) in [5.41, 5.74) is 1.80. The summed E-state index contributed by atoms with van der Waals surface area (Å²) in [4.78, 5) is 26.3. The van der Waals surface area contributed by atoms with E-state index < -0.39 is 11.1 Å². The third kappa shape index (κ3) is 3.18. The Morgan fingerprint density at radius 2 is 1.60 bits per heavy atom. The summed E-state index contributed by atoms with van der Waals surface area (Å²) in [6.45, 7) is 0. The van der Waals surface area contributed by atoms with E-state index in [0.717, 1.165) is 0 Å². The predicted molar refractivity (Wildman–Crippen MR) is 112 cm³/mol. The Bertz CT molecular complexity index is 1120. The quantitative estimate of drug-likeness (QED) is 0.500. The van der Waals surface area contributed by atoms with Crippen LogP contribution in [0.4, 0.5) is 17.1 Å². The molecule has 1 heterocycles. The van der Waals surface area contributed by atoms with Gasteiger partial charge in [0.15, 0.2) is 11.5 Å². The van der Waals surface area contributed by atoms with Gasteiger partial charge in [0.25, 0.3) is 11.6 Å². The Hall–Kier alpha value is -4.07. The minimum Gasteiger partial charge on any atom is -0.493 e. The molecule has 0 radical (unpaired) electrons. The molecule has 3 aromatic rings. The van der Waals surface area contributed by atoms with E-state index in [1.54, 1.807) is 36.4 Å². The maximum Gasteiger partial charge on any atom is 0.280 e. The lowest BCUT2D eigenvalue weighted by atomic mass is 10.0. The molecule has 1 aliphatic heterocycles. The smallest absolute Gasteiger partial charge is 0.280 e. The number of amides is 1. The van der Waals surface area contributed by atoms with Crippen LogP contribution in [0.1, 0.15) is 22.1 Å². The molecule has 0 bridgehead atoms. The number of carbonyl (C=O) groups is 1. The lowest BCUT2D eigenvalue weighted by Gasteiger charge is -2.38. The molecule has 0 saturated heterocycles. The first-order valence-corrected chi connectivity index (χ1v) is 9.19. The van der Waals surface area contributed by atoms with Gasteiger partial charge in [-0.05, 0) is 30.3 Å². The summed E-state index contributed by atoms with van der Waals surface area (Å²) in [6, 6.07) is 18.9. The molecule has 0 aliphatic carbocycles. The highest BCUT2D eigenvalue weighted by atomic mass is 16.6. The number of nitrogens with one attached hydrogen (secondary N) is 1. The van der Waals surface area contributed by atoms with Gasteiger partial charge in [-0.3, -0.25) is 19.8 Å². The maximum atomic E-state index is 13.4. The second kappa shape index (κ2) is 7.75. The molecule has 0 fully saturated rings. The molecule has 1 N–H and O–H groups in total. The average molecular weight is 405 g/mol. The van der Waals surface area contributed by atoms with Crippen molar-refractivity contribution in [1.29, 1.82) is 0 Å². The van der Waals surface area contributed by atoms with Gasteiger partial charge in [0.05, 0.1) is 36.3 Å². The zero-order valence-electron chi connectivity index (χ0n) is 16.4. The van der Waals surface area contributed by atoms with Crippen LogP contribution in [0.25, 0.3) is 0 Å². The molecule has 0 spiro atoms. The fraction of sp³-hybridized carbons (Fsp3) is 0.136. The molecule has 0 aromatic heterocycles. The van der Waals surface area contributed by atoms with Crippen LogP contribution >= 0.6 is 0 Å². The molecule has 0 unspecified atom stereocenters. The largest absolute Gasteiger partial charge is 0.493 e. The van der Waals surface area contributed by atoms with Gasteiger partial charge in [0, 0.05) is 11.4 Å². The topological polar surface area (TPSA) is 93.9 Å². The molecule has 0 saturated carbocycles. The summed E-state index contributed by atoms with van der Waals surface area (Å²) in [5.74, 6) is 0.311. The average Bonchev–Trinajstić information content (AvgIpc) is 2.78. The zero-order chi connectivity index (χ0) is 21.3. The first-order valence-electron chi connectivity index (χ1n) is 9.19. The molecule has 1 amide bonds. The maximum absolute atomic E-state index is 13.4. The van der Waals surface area contributed by atoms with Crippen molar-refractivity contribution in [3.05, 3.63) is 88.0 Å². The minimum absolute atomic E-state index is 0.182. The van der Waals surface area contributed by atoms with E-state index in [1.165, 1.54) is 31.3 Å². The van der Waals surface area contributed by atoms with Gasteiger partial charge >= 0.3 is 0 Å². The molecule has 152 valence electrons. The number of para-hydroxylation sites is 2. The van der Waals surface area contributed by atoms with Crippen molar-refractivity contribution in [2.45, 2.75) is 6.17 Å². The number of fused-ring (bicyclic) bond motifs is 1. The minimum atomic E-state index is -0.824. The number of anilines is 2. The molecule has 30 heavy (non-hydrogen) atoms. The second-order valence-electron chi connectivity index (χ2n) is 6.63.